The van der Waals surface area contributed by atoms with Crippen LogP contribution < -0.4 is 0 Å². The molecule has 0 heterocycles. The Morgan fingerprint density at radius 2 is 1.50 bits per heavy atom. The van der Waals surface area contributed by atoms with Crippen LogP contribution in [0, 0.1) is 5.92 Å². The van der Waals surface area contributed by atoms with Gasteiger partial charge in [-0.05, 0) is 32.6 Å². The molecule has 1 fully saturated rings. The molecule has 0 N–H and O–H groups in total. The highest BCUT2D eigenvalue weighted by molar-refractivity contribution is 6.72. The highest BCUT2D eigenvalue weighted by Gasteiger charge is 2.58. The molecule has 0 aromatic rings. The smallest absolute Gasteiger partial charge is 0.347 e. The molecule has 1 aliphatic carbocycles. The predicted molar refractivity (Wildman–Crippen MR) is 80.1 cm³/mol. The van der Waals surface area contributed by atoms with Gasteiger partial charge in [0.05, 0.1) is 0 Å². The van der Waals surface area contributed by atoms with Crippen LogP contribution in [0.3, 0.4) is 0 Å². The van der Waals surface area contributed by atoms with Crippen molar-refractivity contribution in [1.29, 1.82) is 0 Å². The van der Waals surface area contributed by atoms with Gasteiger partial charge in [0.2, 0.25) is 0 Å². The van der Waals surface area contributed by atoms with Crippen molar-refractivity contribution in [2.75, 3.05) is 13.2 Å². The maximum Gasteiger partial charge on any atom is 0.347 e. The largest absolute Gasteiger partial charge is 0.394 e. The van der Waals surface area contributed by atoms with Crippen molar-refractivity contribution in [3.63, 3.8) is 0 Å². The summed E-state index contributed by atoms with van der Waals surface area (Å²) < 4.78 is 12.8. The van der Waals surface area contributed by atoms with Gasteiger partial charge in [0.15, 0.2) is 0 Å². The molecule has 1 aliphatic rings. The first-order valence-corrected chi connectivity index (χ1v) is 9.59. The molecule has 1 rings (SSSR count). The summed E-state index contributed by atoms with van der Waals surface area (Å²) in [4.78, 5) is 0. The first-order chi connectivity index (χ1) is 8.42. The van der Waals surface area contributed by atoms with E-state index in [0.29, 0.717) is 11.5 Å². The maximum atomic E-state index is 6.40. The van der Waals surface area contributed by atoms with Crippen LogP contribution in [0.1, 0.15) is 67.2 Å². The summed E-state index contributed by atoms with van der Waals surface area (Å²) in [5, 5.41) is 0.175. The Morgan fingerprint density at radius 1 is 1.06 bits per heavy atom. The molecule has 1 saturated carbocycles. The van der Waals surface area contributed by atoms with Crippen molar-refractivity contribution < 1.29 is 8.85 Å². The Labute approximate surface area is 115 Å². The topological polar surface area (TPSA) is 18.5 Å². The van der Waals surface area contributed by atoms with E-state index in [-0.39, 0.29) is 5.04 Å². The van der Waals surface area contributed by atoms with Crippen LogP contribution in [-0.2, 0) is 8.85 Å². The first-order valence-electron chi connectivity index (χ1n) is 7.70. The molecule has 0 spiro atoms. The number of hydrogen-bond acceptors (Lipinski definition) is 2. The van der Waals surface area contributed by atoms with E-state index in [2.05, 4.69) is 41.5 Å². The lowest BCUT2D eigenvalue weighted by Crippen LogP contribution is -2.56. The fraction of sp³-hybridized carbons (Fsp3) is 1.00. The van der Waals surface area contributed by atoms with E-state index in [0.717, 1.165) is 13.2 Å². The van der Waals surface area contributed by atoms with E-state index in [1.54, 1.807) is 0 Å². The van der Waals surface area contributed by atoms with Gasteiger partial charge in [-0.2, -0.15) is 0 Å². The molecule has 0 aromatic heterocycles. The number of hydrogen-bond donors (Lipinski definition) is 0. The minimum Gasteiger partial charge on any atom is -0.394 e. The lowest BCUT2D eigenvalue weighted by atomic mass is 9.99. The zero-order chi connectivity index (χ0) is 13.8. The standard InChI is InChI=1S/C15H32O2Si/c1-7-16-18(17-8-2,14-11-9-10-12-14)15(5,6)13(3)4/h13-14H,7-12H2,1-6H3. The highest BCUT2D eigenvalue weighted by atomic mass is 28.4. The van der Waals surface area contributed by atoms with Crippen LogP contribution in [-0.4, -0.2) is 21.8 Å². The van der Waals surface area contributed by atoms with E-state index in [4.69, 9.17) is 8.85 Å². The first kappa shape index (κ1) is 16.2. The second kappa shape index (κ2) is 6.53. The van der Waals surface area contributed by atoms with Crippen molar-refractivity contribution in [3.05, 3.63) is 0 Å². The zero-order valence-corrected chi connectivity index (χ0v) is 14.2. The van der Waals surface area contributed by atoms with Crippen molar-refractivity contribution in [2.24, 2.45) is 5.92 Å². The van der Waals surface area contributed by atoms with Gasteiger partial charge in [-0.1, -0.05) is 40.5 Å². The third-order valence-corrected chi connectivity index (χ3v) is 10.4. The summed E-state index contributed by atoms with van der Waals surface area (Å²) in [6.07, 6.45) is 5.33. The summed E-state index contributed by atoms with van der Waals surface area (Å²) in [7, 11) is -2.15. The molecule has 0 amide bonds. The van der Waals surface area contributed by atoms with Gasteiger partial charge < -0.3 is 8.85 Å². The summed E-state index contributed by atoms with van der Waals surface area (Å²) >= 11 is 0. The summed E-state index contributed by atoms with van der Waals surface area (Å²) in [5.74, 6) is 0.600. The van der Waals surface area contributed by atoms with E-state index in [1.807, 2.05) is 0 Å². The minimum atomic E-state index is -2.15. The van der Waals surface area contributed by atoms with Gasteiger partial charge in [-0.25, -0.2) is 0 Å². The molecule has 0 atom stereocenters. The van der Waals surface area contributed by atoms with Crippen LogP contribution in [0.2, 0.25) is 10.6 Å². The van der Waals surface area contributed by atoms with Gasteiger partial charge in [0.25, 0.3) is 0 Å². The Kier molecular flexibility index (Phi) is 5.88. The molecule has 2 nitrogen and oxygen atoms in total. The summed E-state index contributed by atoms with van der Waals surface area (Å²) in [5.41, 5.74) is 0.690. The van der Waals surface area contributed by atoms with E-state index in [1.165, 1.54) is 25.7 Å². The van der Waals surface area contributed by atoms with Crippen LogP contribution in [0.25, 0.3) is 0 Å². The zero-order valence-electron chi connectivity index (χ0n) is 13.2. The van der Waals surface area contributed by atoms with Crippen LogP contribution in [0.15, 0.2) is 0 Å². The minimum absolute atomic E-state index is 0.175. The van der Waals surface area contributed by atoms with Crippen LogP contribution in [0.5, 0.6) is 0 Å². The van der Waals surface area contributed by atoms with Gasteiger partial charge in [-0.3, -0.25) is 0 Å². The lowest BCUT2D eigenvalue weighted by Gasteiger charge is -2.48. The second-order valence-corrected chi connectivity index (χ2v) is 10.4. The molecule has 0 radical (unpaired) electrons. The third kappa shape index (κ3) is 2.83. The summed E-state index contributed by atoms with van der Waals surface area (Å²) in [6, 6.07) is 0. The van der Waals surface area contributed by atoms with E-state index < -0.39 is 8.56 Å². The van der Waals surface area contributed by atoms with Crippen molar-refractivity contribution in [2.45, 2.75) is 77.8 Å². The van der Waals surface area contributed by atoms with E-state index in [9.17, 15) is 0 Å². The molecule has 3 heteroatoms. The van der Waals surface area contributed by atoms with Crippen molar-refractivity contribution in [1.82, 2.24) is 0 Å². The maximum absolute atomic E-state index is 6.40. The van der Waals surface area contributed by atoms with Crippen molar-refractivity contribution in [3.8, 4) is 0 Å². The average Bonchev–Trinajstić information content (AvgIpc) is 2.81. The quantitative estimate of drug-likeness (QED) is 0.615. The molecule has 0 aliphatic heterocycles. The van der Waals surface area contributed by atoms with Gasteiger partial charge in [0, 0.05) is 23.8 Å². The average molecular weight is 273 g/mol. The fourth-order valence-corrected chi connectivity index (χ4v) is 8.49. The number of rotatable bonds is 7. The Hall–Kier alpha value is 0.137. The molecular formula is C15H32O2Si. The van der Waals surface area contributed by atoms with Gasteiger partial charge >= 0.3 is 8.56 Å². The lowest BCUT2D eigenvalue weighted by molar-refractivity contribution is 0.134. The summed E-state index contributed by atoms with van der Waals surface area (Å²) in [6.45, 7) is 15.2. The van der Waals surface area contributed by atoms with Gasteiger partial charge in [-0.15, -0.1) is 0 Å². The van der Waals surface area contributed by atoms with Crippen LogP contribution >= 0.6 is 0 Å². The fourth-order valence-electron chi connectivity index (χ4n) is 3.31. The Morgan fingerprint density at radius 3 is 1.83 bits per heavy atom. The highest BCUT2D eigenvalue weighted by Crippen LogP contribution is 2.55. The van der Waals surface area contributed by atoms with Gasteiger partial charge in [0.1, 0.15) is 0 Å². The molecule has 0 aromatic carbocycles. The SMILES string of the molecule is CCO[Si](OCC)(C1CCCC1)C(C)(C)C(C)C. The Bertz CT molecular complexity index is 239. The van der Waals surface area contributed by atoms with Crippen molar-refractivity contribution >= 4 is 8.56 Å². The molecule has 108 valence electrons. The molecule has 0 unspecified atom stereocenters. The molecule has 0 saturated heterocycles. The monoisotopic (exact) mass is 272 g/mol. The molecular weight excluding hydrogens is 240 g/mol. The third-order valence-electron chi connectivity index (χ3n) is 4.95. The van der Waals surface area contributed by atoms with Crippen LogP contribution in [0.4, 0.5) is 0 Å². The molecule has 18 heavy (non-hydrogen) atoms. The Balaban J connectivity index is 3.10. The predicted octanol–water partition coefficient (Wildman–Crippen LogP) is 4.88. The van der Waals surface area contributed by atoms with E-state index >= 15 is 0 Å². The molecule has 0 bridgehead atoms. The normalized spacial score (nSPS) is 18.8. The second-order valence-electron chi connectivity index (χ2n) is 6.39.